The Morgan fingerprint density at radius 2 is 2.14 bits per heavy atom. The summed E-state index contributed by atoms with van der Waals surface area (Å²) in [5, 5.41) is 11.0. The average molecular weight is 404 g/mol. The second-order valence-electron chi connectivity index (χ2n) is 6.90. The zero-order valence-electron chi connectivity index (χ0n) is 16.1. The monoisotopic (exact) mass is 403 g/mol. The van der Waals surface area contributed by atoms with E-state index in [1.54, 1.807) is 19.3 Å². The number of nitrogens with one attached hydrogen (secondary N) is 2. The van der Waals surface area contributed by atoms with Crippen LogP contribution in [0.15, 0.2) is 35.6 Å². The van der Waals surface area contributed by atoms with E-state index in [4.69, 9.17) is 0 Å². The molecule has 28 heavy (non-hydrogen) atoms. The van der Waals surface area contributed by atoms with Crippen LogP contribution < -0.4 is 5.43 Å². The molecule has 1 atom stereocenters. The molecule has 0 aliphatic carbocycles. The predicted molar refractivity (Wildman–Crippen MR) is 108 cm³/mol. The van der Waals surface area contributed by atoms with Gasteiger partial charge in [-0.15, -0.1) is 0 Å². The Hall–Kier alpha value is -2.52. The molecule has 1 aromatic carbocycles. The molecule has 9 heteroatoms. The number of rotatable bonds is 6. The lowest BCUT2D eigenvalue weighted by Gasteiger charge is -2.30. The number of carbonyl (C=O) groups excluding carboxylic acids is 1. The summed E-state index contributed by atoms with van der Waals surface area (Å²) >= 11 is 0. The fourth-order valence-electron chi connectivity index (χ4n) is 3.19. The Bertz CT molecular complexity index is 950. The molecular weight excluding hydrogens is 378 g/mol. The van der Waals surface area contributed by atoms with E-state index in [9.17, 15) is 13.2 Å². The number of aryl methyl sites for hydroxylation is 1. The van der Waals surface area contributed by atoms with Gasteiger partial charge in [0.1, 0.15) is 0 Å². The Labute approximate surface area is 165 Å². The molecule has 1 saturated heterocycles. The summed E-state index contributed by atoms with van der Waals surface area (Å²) in [6, 6.07) is 8.00. The van der Waals surface area contributed by atoms with E-state index in [0.29, 0.717) is 19.4 Å². The molecule has 2 heterocycles. The van der Waals surface area contributed by atoms with Crippen LogP contribution in [0.3, 0.4) is 0 Å². The summed E-state index contributed by atoms with van der Waals surface area (Å²) in [6.45, 7) is 4.31. The number of H-pyrrole nitrogens is 1. The summed E-state index contributed by atoms with van der Waals surface area (Å²) < 4.78 is 25.5. The van der Waals surface area contributed by atoms with Gasteiger partial charge >= 0.3 is 0 Å². The Balaban J connectivity index is 1.63. The van der Waals surface area contributed by atoms with Crippen molar-refractivity contribution in [3.8, 4) is 11.3 Å². The molecule has 8 nitrogen and oxygen atoms in total. The molecule has 1 fully saturated rings. The van der Waals surface area contributed by atoms with Gasteiger partial charge in [-0.3, -0.25) is 9.89 Å². The van der Waals surface area contributed by atoms with Gasteiger partial charge in [0.25, 0.3) is 0 Å². The quantitative estimate of drug-likeness (QED) is 0.567. The lowest BCUT2D eigenvalue weighted by Crippen LogP contribution is -2.45. The Morgan fingerprint density at radius 1 is 1.39 bits per heavy atom. The van der Waals surface area contributed by atoms with E-state index in [0.717, 1.165) is 22.4 Å². The molecular formula is C19H25N5O3S. The van der Waals surface area contributed by atoms with Gasteiger partial charge in [-0.25, -0.2) is 18.1 Å². The first-order valence-corrected chi connectivity index (χ1v) is 10.9. The minimum Gasteiger partial charge on any atom is -0.277 e. The van der Waals surface area contributed by atoms with E-state index in [-0.39, 0.29) is 18.2 Å². The molecule has 3 rings (SSSR count). The van der Waals surface area contributed by atoms with Crippen molar-refractivity contribution in [3.63, 3.8) is 0 Å². The number of nitrogens with zero attached hydrogens (tertiary/aromatic N) is 3. The first-order valence-electron chi connectivity index (χ1n) is 9.32. The summed E-state index contributed by atoms with van der Waals surface area (Å²) in [6.07, 6.45) is 4.50. The number of aromatic nitrogens is 2. The number of hydrogen-bond acceptors (Lipinski definition) is 5. The fraction of sp³-hybridized carbons (Fsp3) is 0.421. The average Bonchev–Trinajstić information content (AvgIpc) is 3.17. The molecule has 0 radical (unpaired) electrons. The van der Waals surface area contributed by atoms with Gasteiger partial charge in [0.15, 0.2) is 0 Å². The van der Waals surface area contributed by atoms with Crippen LogP contribution in [0.4, 0.5) is 0 Å². The number of hydrogen-bond donors (Lipinski definition) is 2. The number of carbonyl (C=O) groups is 1. The minimum atomic E-state index is -3.28. The third-order valence-electron chi connectivity index (χ3n) is 4.90. The van der Waals surface area contributed by atoms with Crippen LogP contribution >= 0.6 is 0 Å². The van der Waals surface area contributed by atoms with Crippen LogP contribution in [0, 0.1) is 12.8 Å². The molecule has 1 aliphatic rings. The second-order valence-corrected chi connectivity index (χ2v) is 9.16. The zero-order chi connectivity index (χ0) is 20.1. The van der Waals surface area contributed by atoms with Crippen molar-refractivity contribution >= 4 is 22.1 Å². The highest BCUT2D eigenvalue weighted by atomic mass is 32.2. The molecule has 1 amide bonds. The highest BCUT2D eigenvalue weighted by Gasteiger charge is 2.31. The van der Waals surface area contributed by atoms with Crippen LogP contribution in [0.25, 0.3) is 11.3 Å². The van der Waals surface area contributed by atoms with Crippen LogP contribution in [0.1, 0.15) is 30.9 Å². The van der Waals surface area contributed by atoms with Gasteiger partial charge < -0.3 is 0 Å². The third-order valence-corrected chi connectivity index (χ3v) is 6.75. The standard InChI is InChI=1S/C19H25N5O3S/c1-3-28(26,27)24-10-4-5-16(13-24)19(25)23-21-12-17-11-20-22-18(17)15-8-6-14(2)7-9-15/h6-9,11-12,16H,3-5,10,13H2,1-2H3,(H,20,22)(H,23,25)/b21-12+. The number of sulfonamides is 1. The number of amides is 1. The van der Waals surface area contributed by atoms with Gasteiger partial charge in [-0.05, 0) is 26.7 Å². The maximum Gasteiger partial charge on any atom is 0.244 e. The molecule has 0 saturated carbocycles. The largest absolute Gasteiger partial charge is 0.277 e. The van der Waals surface area contributed by atoms with E-state index in [1.165, 1.54) is 4.31 Å². The van der Waals surface area contributed by atoms with E-state index >= 15 is 0 Å². The van der Waals surface area contributed by atoms with Crippen LogP contribution in [0.5, 0.6) is 0 Å². The van der Waals surface area contributed by atoms with Crippen molar-refractivity contribution in [1.29, 1.82) is 0 Å². The van der Waals surface area contributed by atoms with Crippen LogP contribution in [0.2, 0.25) is 0 Å². The SMILES string of the molecule is CCS(=O)(=O)N1CCCC(C(=O)N/N=C/c2cn[nH]c2-c2ccc(C)cc2)C1. The minimum absolute atomic E-state index is 0.0434. The molecule has 150 valence electrons. The Morgan fingerprint density at radius 3 is 2.86 bits per heavy atom. The van der Waals surface area contributed by atoms with Gasteiger partial charge in [0, 0.05) is 24.2 Å². The van der Waals surface area contributed by atoms with Gasteiger partial charge in [-0.1, -0.05) is 29.8 Å². The van der Waals surface area contributed by atoms with E-state index < -0.39 is 15.9 Å². The highest BCUT2D eigenvalue weighted by molar-refractivity contribution is 7.89. The first-order chi connectivity index (χ1) is 13.4. The maximum atomic E-state index is 12.4. The Kier molecular flexibility index (Phi) is 6.25. The van der Waals surface area contributed by atoms with Crippen molar-refractivity contribution in [2.75, 3.05) is 18.8 Å². The lowest BCUT2D eigenvalue weighted by molar-refractivity contribution is -0.126. The highest BCUT2D eigenvalue weighted by Crippen LogP contribution is 2.21. The van der Waals surface area contributed by atoms with Crippen molar-refractivity contribution in [2.24, 2.45) is 11.0 Å². The van der Waals surface area contributed by atoms with Crippen LogP contribution in [-0.4, -0.2) is 53.9 Å². The van der Waals surface area contributed by atoms with Crippen molar-refractivity contribution in [3.05, 3.63) is 41.6 Å². The number of piperidine rings is 1. The van der Waals surface area contributed by atoms with E-state index in [2.05, 4.69) is 20.7 Å². The second kappa shape index (κ2) is 8.66. The van der Waals surface area contributed by atoms with Crippen molar-refractivity contribution in [2.45, 2.75) is 26.7 Å². The topological polar surface area (TPSA) is 108 Å². The molecule has 1 unspecified atom stereocenters. The predicted octanol–water partition coefficient (Wildman–Crippen LogP) is 1.90. The lowest BCUT2D eigenvalue weighted by atomic mass is 9.99. The molecule has 1 aromatic heterocycles. The van der Waals surface area contributed by atoms with Gasteiger partial charge in [0.05, 0.1) is 29.8 Å². The van der Waals surface area contributed by atoms with Gasteiger partial charge in [-0.2, -0.15) is 10.2 Å². The molecule has 2 N–H and O–H groups in total. The van der Waals surface area contributed by atoms with Crippen molar-refractivity contribution < 1.29 is 13.2 Å². The third kappa shape index (κ3) is 4.66. The summed E-state index contributed by atoms with van der Waals surface area (Å²) in [5.74, 6) is -0.623. The molecule has 0 bridgehead atoms. The fourth-order valence-corrected chi connectivity index (χ4v) is 4.37. The van der Waals surface area contributed by atoms with Crippen LogP contribution in [-0.2, 0) is 14.8 Å². The smallest absolute Gasteiger partial charge is 0.244 e. The molecule has 2 aromatic rings. The number of aromatic amines is 1. The summed E-state index contributed by atoms with van der Waals surface area (Å²) in [4.78, 5) is 12.4. The number of benzene rings is 1. The maximum absolute atomic E-state index is 12.4. The number of hydrazone groups is 1. The first kappa shape index (κ1) is 20.2. The zero-order valence-corrected chi connectivity index (χ0v) is 16.9. The van der Waals surface area contributed by atoms with Gasteiger partial charge in [0.2, 0.25) is 15.9 Å². The molecule has 1 aliphatic heterocycles. The summed E-state index contributed by atoms with van der Waals surface area (Å²) in [7, 11) is -3.28. The van der Waals surface area contributed by atoms with E-state index in [1.807, 2.05) is 31.2 Å². The van der Waals surface area contributed by atoms with Crippen molar-refractivity contribution in [1.82, 2.24) is 19.9 Å². The molecule has 0 spiro atoms. The summed E-state index contributed by atoms with van der Waals surface area (Å²) in [5.41, 5.74) is 6.24. The normalized spacial score (nSPS) is 18.4.